The number of benzene rings is 2. The van der Waals surface area contributed by atoms with Crippen LogP contribution in [0.2, 0.25) is 0 Å². The summed E-state index contributed by atoms with van der Waals surface area (Å²) in [5.41, 5.74) is 2.09. The molecule has 4 aromatic rings. The van der Waals surface area contributed by atoms with Crippen molar-refractivity contribution in [2.24, 2.45) is 0 Å². The SMILES string of the molecule is COc1ccccc1CNC(=O)C(C)Sc1nnc(-c2cccs2)n1Cc1ccccc1. The first-order valence-electron chi connectivity index (χ1n) is 10.2. The van der Waals surface area contributed by atoms with Crippen LogP contribution in [0.4, 0.5) is 0 Å². The van der Waals surface area contributed by atoms with Crippen molar-refractivity contribution >= 4 is 29.0 Å². The van der Waals surface area contributed by atoms with Crippen molar-refractivity contribution in [2.45, 2.75) is 30.4 Å². The van der Waals surface area contributed by atoms with E-state index in [1.165, 1.54) is 11.8 Å². The Kier molecular flexibility index (Phi) is 7.24. The number of hydrogen-bond donors (Lipinski definition) is 1. The van der Waals surface area contributed by atoms with Gasteiger partial charge in [0, 0.05) is 12.1 Å². The molecule has 0 fully saturated rings. The summed E-state index contributed by atoms with van der Waals surface area (Å²) in [5, 5.41) is 14.3. The van der Waals surface area contributed by atoms with Crippen LogP contribution in [0, 0.1) is 0 Å². The molecule has 164 valence electrons. The predicted molar refractivity (Wildman–Crippen MR) is 129 cm³/mol. The number of rotatable bonds is 9. The Bertz CT molecular complexity index is 1160. The van der Waals surface area contributed by atoms with Gasteiger partial charge in [-0.15, -0.1) is 21.5 Å². The van der Waals surface area contributed by atoms with E-state index in [0.29, 0.717) is 13.1 Å². The van der Waals surface area contributed by atoms with Crippen molar-refractivity contribution in [3.05, 3.63) is 83.2 Å². The van der Waals surface area contributed by atoms with E-state index in [-0.39, 0.29) is 11.2 Å². The van der Waals surface area contributed by atoms with Gasteiger partial charge in [0.2, 0.25) is 5.91 Å². The smallest absolute Gasteiger partial charge is 0.233 e. The number of ether oxygens (including phenoxy) is 1. The molecule has 32 heavy (non-hydrogen) atoms. The number of para-hydroxylation sites is 1. The summed E-state index contributed by atoms with van der Waals surface area (Å²) >= 11 is 3.04. The highest BCUT2D eigenvalue weighted by molar-refractivity contribution is 8.00. The van der Waals surface area contributed by atoms with E-state index in [4.69, 9.17) is 4.74 Å². The van der Waals surface area contributed by atoms with E-state index in [1.54, 1.807) is 18.4 Å². The third-order valence-electron chi connectivity index (χ3n) is 4.94. The number of methoxy groups -OCH3 is 1. The molecule has 2 heterocycles. The number of nitrogens with one attached hydrogen (secondary N) is 1. The number of nitrogens with zero attached hydrogens (tertiary/aromatic N) is 3. The Morgan fingerprint density at radius 3 is 2.62 bits per heavy atom. The third kappa shape index (κ3) is 5.20. The van der Waals surface area contributed by atoms with Crippen molar-refractivity contribution in [2.75, 3.05) is 7.11 Å². The van der Waals surface area contributed by atoms with Crippen molar-refractivity contribution in [3.63, 3.8) is 0 Å². The minimum absolute atomic E-state index is 0.0622. The summed E-state index contributed by atoms with van der Waals surface area (Å²) in [5.74, 6) is 1.51. The molecule has 0 spiro atoms. The summed E-state index contributed by atoms with van der Waals surface area (Å²) in [7, 11) is 1.63. The monoisotopic (exact) mass is 464 g/mol. The standard InChI is InChI=1S/C24H24N4O2S2/c1-17(23(29)25-15-19-11-6-7-12-20(19)30-2)32-24-27-26-22(21-13-8-14-31-21)28(24)16-18-9-4-3-5-10-18/h3-14,17H,15-16H2,1-2H3,(H,25,29). The van der Waals surface area contributed by atoms with Crippen LogP contribution < -0.4 is 10.1 Å². The fraction of sp³-hybridized carbons (Fsp3) is 0.208. The topological polar surface area (TPSA) is 69.0 Å². The molecule has 0 saturated heterocycles. The fourth-order valence-electron chi connectivity index (χ4n) is 3.26. The van der Waals surface area contributed by atoms with Gasteiger partial charge >= 0.3 is 0 Å². The molecular formula is C24H24N4O2S2. The van der Waals surface area contributed by atoms with E-state index in [9.17, 15) is 4.79 Å². The number of carbonyl (C=O) groups is 1. The molecule has 1 unspecified atom stereocenters. The summed E-state index contributed by atoms with van der Waals surface area (Å²) in [6, 6.07) is 21.9. The van der Waals surface area contributed by atoms with Gasteiger partial charge in [-0.3, -0.25) is 9.36 Å². The molecule has 0 saturated carbocycles. The molecule has 0 bridgehead atoms. The van der Waals surface area contributed by atoms with Gasteiger partial charge < -0.3 is 10.1 Å². The molecule has 2 aromatic heterocycles. The molecule has 0 aliphatic heterocycles. The second-order valence-electron chi connectivity index (χ2n) is 7.14. The van der Waals surface area contributed by atoms with Crippen LogP contribution in [0.15, 0.2) is 77.3 Å². The van der Waals surface area contributed by atoms with Gasteiger partial charge in [0.25, 0.3) is 0 Å². The Balaban J connectivity index is 1.49. The second-order valence-corrected chi connectivity index (χ2v) is 9.40. The van der Waals surface area contributed by atoms with E-state index < -0.39 is 0 Å². The molecule has 1 amide bonds. The lowest BCUT2D eigenvalue weighted by Crippen LogP contribution is -2.30. The Morgan fingerprint density at radius 1 is 1.09 bits per heavy atom. The van der Waals surface area contributed by atoms with E-state index >= 15 is 0 Å². The zero-order chi connectivity index (χ0) is 22.3. The first-order chi connectivity index (χ1) is 15.7. The normalized spacial score (nSPS) is 11.8. The summed E-state index contributed by atoms with van der Waals surface area (Å²) in [4.78, 5) is 13.8. The van der Waals surface area contributed by atoms with Gasteiger partial charge in [0.05, 0.1) is 23.8 Å². The first kappa shape index (κ1) is 22.1. The van der Waals surface area contributed by atoms with Crippen molar-refractivity contribution in [1.82, 2.24) is 20.1 Å². The molecule has 1 atom stereocenters. The average Bonchev–Trinajstić information content (AvgIpc) is 3.49. The lowest BCUT2D eigenvalue weighted by Gasteiger charge is -2.14. The van der Waals surface area contributed by atoms with Gasteiger partial charge in [-0.2, -0.15) is 0 Å². The van der Waals surface area contributed by atoms with Gasteiger partial charge in [-0.05, 0) is 30.0 Å². The molecule has 4 rings (SSSR count). The van der Waals surface area contributed by atoms with Crippen LogP contribution in [-0.2, 0) is 17.9 Å². The molecule has 0 radical (unpaired) electrons. The van der Waals surface area contributed by atoms with Crippen LogP contribution in [0.5, 0.6) is 5.75 Å². The summed E-state index contributed by atoms with van der Waals surface area (Å²) in [6.07, 6.45) is 0. The third-order valence-corrected chi connectivity index (χ3v) is 6.89. The lowest BCUT2D eigenvalue weighted by atomic mass is 10.2. The Labute approximate surface area is 195 Å². The van der Waals surface area contributed by atoms with E-state index in [1.807, 2.05) is 66.9 Å². The van der Waals surface area contributed by atoms with Gasteiger partial charge in [-0.25, -0.2) is 0 Å². The molecule has 0 aliphatic carbocycles. The van der Waals surface area contributed by atoms with Gasteiger partial charge in [-0.1, -0.05) is 66.4 Å². The van der Waals surface area contributed by atoms with Gasteiger partial charge in [0.1, 0.15) is 5.75 Å². The molecule has 8 heteroatoms. The number of aromatic nitrogens is 3. The van der Waals surface area contributed by atoms with Crippen LogP contribution in [0.3, 0.4) is 0 Å². The van der Waals surface area contributed by atoms with Crippen molar-refractivity contribution in [1.29, 1.82) is 0 Å². The molecule has 0 aliphatic rings. The highest BCUT2D eigenvalue weighted by Crippen LogP contribution is 2.30. The minimum Gasteiger partial charge on any atom is -0.496 e. The van der Waals surface area contributed by atoms with Crippen molar-refractivity contribution in [3.8, 4) is 16.5 Å². The highest BCUT2D eigenvalue weighted by atomic mass is 32.2. The molecule has 2 aromatic carbocycles. The highest BCUT2D eigenvalue weighted by Gasteiger charge is 2.21. The zero-order valence-electron chi connectivity index (χ0n) is 17.9. The maximum Gasteiger partial charge on any atom is 0.233 e. The molecular weight excluding hydrogens is 440 g/mol. The van der Waals surface area contributed by atoms with Crippen LogP contribution in [0.1, 0.15) is 18.1 Å². The minimum atomic E-state index is -0.334. The average molecular weight is 465 g/mol. The number of thiophene rings is 1. The number of amides is 1. The van der Waals surface area contributed by atoms with Gasteiger partial charge in [0.15, 0.2) is 11.0 Å². The summed E-state index contributed by atoms with van der Waals surface area (Å²) in [6.45, 7) is 2.93. The van der Waals surface area contributed by atoms with Crippen molar-refractivity contribution < 1.29 is 9.53 Å². The quantitative estimate of drug-likeness (QED) is 0.358. The Morgan fingerprint density at radius 2 is 1.88 bits per heavy atom. The molecule has 6 nitrogen and oxygen atoms in total. The maximum absolute atomic E-state index is 12.8. The predicted octanol–water partition coefficient (Wildman–Crippen LogP) is 4.86. The fourth-order valence-corrected chi connectivity index (χ4v) is 4.85. The number of hydrogen-bond acceptors (Lipinski definition) is 6. The maximum atomic E-state index is 12.8. The number of thioether (sulfide) groups is 1. The largest absolute Gasteiger partial charge is 0.496 e. The van der Waals surface area contributed by atoms with Crippen LogP contribution in [-0.4, -0.2) is 33.0 Å². The first-order valence-corrected chi connectivity index (χ1v) is 12.0. The van der Waals surface area contributed by atoms with E-state index in [2.05, 4.69) is 32.2 Å². The zero-order valence-corrected chi connectivity index (χ0v) is 19.5. The summed E-state index contributed by atoms with van der Waals surface area (Å²) < 4.78 is 7.45. The lowest BCUT2D eigenvalue weighted by molar-refractivity contribution is -0.120. The molecule has 1 N–H and O–H groups in total. The van der Waals surface area contributed by atoms with Crippen LogP contribution in [0.25, 0.3) is 10.7 Å². The second kappa shape index (κ2) is 10.5. The Hall–Kier alpha value is -3.10. The van der Waals surface area contributed by atoms with E-state index in [0.717, 1.165) is 32.7 Å². The number of carbonyl (C=O) groups excluding carboxylic acids is 1. The van der Waals surface area contributed by atoms with Crippen LogP contribution >= 0.6 is 23.1 Å².